The van der Waals surface area contributed by atoms with Crippen molar-refractivity contribution in [3.8, 4) is 22.8 Å². The minimum absolute atomic E-state index is 0.211. The largest absolute Gasteiger partial charge is 0.310 e. The maximum absolute atomic E-state index is 4.92. The molecule has 0 spiro atoms. The van der Waals surface area contributed by atoms with Gasteiger partial charge in [-0.05, 0) is 6.92 Å². The van der Waals surface area contributed by atoms with E-state index in [0.717, 1.165) is 35.4 Å². The molecule has 4 heterocycles. The quantitative estimate of drug-likeness (QED) is 0.602. The number of fused-ring (bicyclic) bond motifs is 2. The fraction of sp³-hybridized carbons (Fsp3) is 0.211. The first-order valence-corrected chi connectivity index (χ1v) is 8.64. The van der Waals surface area contributed by atoms with E-state index in [2.05, 4.69) is 39.4 Å². The van der Waals surface area contributed by atoms with Crippen LogP contribution in [0.5, 0.6) is 0 Å². The molecule has 1 aliphatic heterocycles. The zero-order valence-corrected chi connectivity index (χ0v) is 14.3. The second-order valence-electron chi connectivity index (χ2n) is 6.38. The Labute approximate surface area is 150 Å². The summed E-state index contributed by atoms with van der Waals surface area (Å²) >= 11 is 0. The van der Waals surface area contributed by atoms with Gasteiger partial charge in [-0.15, -0.1) is 0 Å². The lowest BCUT2D eigenvalue weighted by Gasteiger charge is -2.26. The number of nitrogens with zero attached hydrogens (tertiary/aromatic N) is 6. The molecular formula is C19H17N7. The van der Waals surface area contributed by atoms with Crippen molar-refractivity contribution >= 4 is 5.52 Å². The molecule has 1 atom stereocenters. The average Bonchev–Trinajstić information content (AvgIpc) is 3.17. The van der Waals surface area contributed by atoms with Crippen LogP contribution in [0.25, 0.3) is 28.3 Å². The van der Waals surface area contributed by atoms with Crippen molar-refractivity contribution in [1.82, 2.24) is 34.9 Å². The Kier molecular flexibility index (Phi) is 3.46. The summed E-state index contributed by atoms with van der Waals surface area (Å²) in [6.07, 6.45) is 5.78. The number of nitrogens with one attached hydrogen (secondary N) is 1. The number of benzene rings is 1. The average molecular weight is 343 g/mol. The van der Waals surface area contributed by atoms with E-state index in [9.17, 15) is 0 Å². The van der Waals surface area contributed by atoms with Crippen LogP contribution in [0.2, 0.25) is 0 Å². The number of rotatable bonds is 2. The zero-order chi connectivity index (χ0) is 17.5. The molecule has 1 aromatic carbocycles. The van der Waals surface area contributed by atoms with E-state index >= 15 is 0 Å². The summed E-state index contributed by atoms with van der Waals surface area (Å²) < 4.78 is 1.69. The van der Waals surface area contributed by atoms with Crippen LogP contribution in [0.1, 0.15) is 24.2 Å². The summed E-state index contributed by atoms with van der Waals surface area (Å²) in [6, 6.07) is 10.5. The first-order valence-electron chi connectivity index (χ1n) is 8.64. The fourth-order valence-corrected chi connectivity index (χ4v) is 3.52. The van der Waals surface area contributed by atoms with Gasteiger partial charge in [0.2, 0.25) is 0 Å². The molecule has 0 aliphatic carbocycles. The molecule has 0 bridgehead atoms. The SMILES string of the molecule is CC1NCCc2nc(-c3ncnn4cncc34)nc(-c3ccccc3)c21. The highest BCUT2D eigenvalue weighted by atomic mass is 15.3. The van der Waals surface area contributed by atoms with Gasteiger partial charge in [-0.3, -0.25) is 0 Å². The van der Waals surface area contributed by atoms with Gasteiger partial charge in [0.15, 0.2) is 5.82 Å². The summed E-state index contributed by atoms with van der Waals surface area (Å²) in [4.78, 5) is 18.4. The lowest BCUT2D eigenvalue weighted by atomic mass is 9.94. The Bertz CT molecular complexity index is 1090. The lowest BCUT2D eigenvalue weighted by Crippen LogP contribution is -2.30. The van der Waals surface area contributed by atoms with Gasteiger partial charge < -0.3 is 5.32 Å². The first-order chi connectivity index (χ1) is 12.8. The van der Waals surface area contributed by atoms with Gasteiger partial charge in [-0.2, -0.15) is 5.10 Å². The number of hydrogen-bond acceptors (Lipinski definition) is 6. The molecule has 0 saturated heterocycles. The van der Waals surface area contributed by atoms with Gasteiger partial charge in [0, 0.05) is 30.1 Å². The van der Waals surface area contributed by atoms with E-state index in [-0.39, 0.29) is 6.04 Å². The molecule has 1 unspecified atom stereocenters. The maximum atomic E-state index is 4.92. The molecule has 1 N–H and O–H groups in total. The van der Waals surface area contributed by atoms with Gasteiger partial charge >= 0.3 is 0 Å². The maximum Gasteiger partial charge on any atom is 0.181 e. The second-order valence-corrected chi connectivity index (χ2v) is 6.38. The third kappa shape index (κ3) is 2.36. The molecule has 26 heavy (non-hydrogen) atoms. The molecular weight excluding hydrogens is 326 g/mol. The van der Waals surface area contributed by atoms with Crippen LogP contribution < -0.4 is 5.32 Å². The summed E-state index contributed by atoms with van der Waals surface area (Å²) in [5, 5.41) is 7.70. The molecule has 0 saturated carbocycles. The number of imidazole rings is 1. The van der Waals surface area contributed by atoms with Gasteiger partial charge in [0.1, 0.15) is 23.9 Å². The minimum Gasteiger partial charge on any atom is -0.310 e. The van der Waals surface area contributed by atoms with Crippen LogP contribution in [0.3, 0.4) is 0 Å². The molecule has 5 rings (SSSR count). The Morgan fingerprint density at radius 3 is 2.88 bits per heavy atom. The Balaban J connectivity index is 1.79. The van der Waals surface area contributed by atoms with Crippen molar-refractivity contribution in [3.05, 3.63) is 60.4 Å². The van der Waals surface area contributed by atoms with E-state index in [4.69, 9.17) is 9.97 Å². The van der Waals surface area contributed by atoms with E-state index in [1.807, 2.05) is 18.2 Å². The van der Waals surface area contributed by atoms with Crippen LogP contribution in [0.15, 0.2) is 49.2 Å². The molecule has 7 nitrogen and oxygen atoms in total. The van der Waals surface area contributed by atoms with Crippen molar-refractivity contribution in [3.63, 3.8) is 0 Å². The Hall–Kier alpha value is -3.19. The van der Waals surface area contributed by atoms with Crippen molar-refractivity contribution < 1.29 is 0 Å². The van der Waals surface area contributed by atoms with Crippen molar-refractivity contribution in [2.45, 2.75) is 19.4 Å². The van der Waals surface area contributed by atoms with Crippen LogP contribution in [-0.2, 0) is 6.42 Å². The van der Waals surface area contributed by atoms with Gasteiger partial charge in [0.25, 0.3) is 0 Å². The van der Waals surface area contributed by atoms with E-state index in [1.165, 1.54) is 11.9 Å². The lowest BCUT2D eigenvalue weighted by molar-refractivity contribution is 0.531. The third-order valence-electron chi connectivity index (χ3n) is 4.75. The van der Waals surface area contributed by atoms with Gasteiger partial charge in [-0.25, -0.2) is 24.5 Å². The molecule has 0 fully saturated rings. The molecule has 0 amide bonds. The first kappa shape index (κ1) is 15.1. The standard InChI is InChI=1S/C19H17N7/c1-12-16-14(7-8-21-12)24-19(25-17(16)13-5-3-2-4-6-13)18-15-9-20-11-26(15)23-10-22-18/h2-6,9-12,21H,7-8H2,1H3. The second kappa shape index (κ2) is 5.96. The van der Waals surface area contributed by atoms with Crippen molar-refractivity contribution in [1.29, 1.82) is 0 Å². The molecule has 4 aromatic rings. The fourth-order valence-electron chi connectivity index (χ4n) is 3.52. The minimum atomic E-state index is 0.211. The van der Waals surface area contributed by atoms with Gasteiger partial charge in [-0.1, -0.05) is 30.3 Å². The predicted octanol–water partition coefficient (Wildman–Crippen LogP) is 2.46. The van der Waals surface area contributed by atoms with Crippen LogP contribution in [-0.4, -0.2) is 36.1 Å². The van der Waals surface area contributed by atoms with E-state index in [0.29, 0.717) is 11.5 Å². The highest BCUT2D eigenvalue weighted by Gasteiger charge is 2.25. The van der Waals surface area contributed by atoms with E-state index in [1.54, 1.807) is 17.0 Å². The summed E-state index contributed by atoms with van der Waals surface area (Å²) in [6.45, 7) is 3.07. The van der Waals surface area contributed by atoms with Gasteiger partial charge in [0.05, 0.1) is 17.6 Å². The summed E-state index contributed by atoms with van der Waals surface area (Å²) in [5.41, 5.74) is 5.79. The highest BCUT2D eigenvalue weighted by Crippen LogP contribution is 2.33. The smallest absolute Gasteiger partial charge is 0.181 e. The molecule has 3 aromatic heterocycles. The van der Waals surface area contributed by atoms with Crippen molar-refractivity contribution in [2.75, 3.05) is 6.54 Å². The van der Waals surface area contributed by atoms with Crippen LogP contribution in [0.4, 0.5) is 0 Å². The summed E-state index contributed by atoms with van der Waals surface area (Å²) in [5.74, 6) is 0.615. The molecule has 128 valence electrons. The van der Waals surface area contributed by atoms with E-state index < -0.39 is 0 Å². The zero-order valence-electron chi connectivity index (χ0n) is 14.3. The third-order valence-corrected chi connectivity index (χ3v) is 4.75. The van der Waals surface area contributed by atoms with Crippen LogP contribution in [0, 0.1) is 0 Å². The number of hydrogen-bond donors (Lipinski definition) is 1. The van der Waals surface area contributed by atoms with Crippen LogP contribution >= 0.6 is 0 Å². The predicted molar refractivity (Wildman–Crippen MR) is 97.4 cm³/mol. The highest BCUT2D eigenvalue weighted by molar-refractivity contribution is 5.74. The molecule has 7 heteroatoms. The molecule has 1 aliphatic rings. The topological polar surface area (TPSA) is 80.9 Å². The normalized spacial score (nSPS) is 16.6. The monoisotopic (exact) mass is 343 g/mol. The summed E-state index contributed by atoms with van der Waals surface area (Å²) in [7, 11) is 0. The number of aromatic nitrogens is 6. The molecule has 0 radical (unpaired) electrons. The Morgan fingerprint density at radius 1 is 1.12 bits per heavy atom. The Morgan fingerprint density at radius 2 is 2.00 bits per heavy atom. The van der Waals surface area contributed by atoms with Crippen molar-refractivity contribution in [2.24, 2.45) is 0 Å².